The van der Waals surface area contributed by atoms with Crippen LogP contribution in [-0.4, -0.2) is 15.1 Å². The highest BCUT2D eigenvalue weighted by Crippen LogP contribution is 2.39. The van der Waals surface area contributed by atoms with Gasteiger partial charge in [0, 0.05) is 0 Å². The van der Waals surface area contributed by atoms with E-state index in [0.29, 0.717) is 5.69 Å². The summed E-state index contributed by atoms with van der Waals surface area (Å²) in [5, 5.41) is 18.2. The number of imidazole rings is 1. The van der Waals surface area contributed by atoms with E-state index in [-0.39, 0.29) is 23.3 Å². The maximum Gasteiger partial charge on any atom is 0.414 e. The number of aromatic amines is 1. The summed E-state index contributed by atoms with van der Waals surface area (Å²) in [7, 11) is 0. The summed E-state index contributed by atoms with van der Waals surface area (Å²) in [6.45, 7) is 21.4. The number of aromatic hydroxyl groups is 1. The molecule has 0 spiro atoms. The van der Waals surface area contributed by atoms with Gasteiger partial charge in [-0.05, 0) is 49.9 Å². The average Bonchev–Trinajstić information content (AvgIpc) is 2.93. The van der Waals surface area contributed by atoms with Crippen LogP contribution in [0.5, 0.6) is 5.75 Å². The normalized spacial score (nSPS) is 10.6. The maximum absolute atomic E-state index is 10.2. The molecule has 0 bridgehead atoms. The van der Waals surface area contributed by atoms with E-state index in [2.05, 4.69) is 29.9 Å². The van der Waals surface area contributed by atoms with Crippen molar-refractivity contribution in [3.05, 3.63) is 45.1 Å². The molecule has 0 saturated heterocycles. The molecule has 0 amide bonds. The first-order valence-electron chi connectivity index (χ1n) is 6.46. The molecule has 0 fully saturated rings. The topological polar surface area (TPSA) is 82.4 Å². The molecule has 2 aromatic rings. The lowest BCUT2D eigenvalue weighted by Gasteiger charge is -2.13. The number of benzene rings is 1. The molecule has 7 nitrogen and oxygen atoms in total. The minimum atomic E-state index is -0.0406. The molecular weight excluding hydrogens is 280 g/mol. The largest absolute Gasteiger partial charge is 0.505 e. The average molecular weight is 294 g/mol. The summed E-state index contributed by atoms with van der Waals surface area (Å²) in [6.07, 6.45) is 0. The van der Waals surface area contributed by atoms with E-state index in [0.717, 1.165) is 22.3 Å². The van der Waals surface area contributed by atoms with E-state index in [9.17, 15) is 5.11 Å². The molecule has 0 aliphatic heterocycles. The lowest BCUT2D eigenvalue weighted by Crippen LogP contribution is -1.92. The number of nitrogens with one attached hydrogen (secondary N) is 1. The molecule has 0 atom stereocenters. The molecule has 0 aliphatic carbocycles. The van der Waals surface area contributed by atoms with Gasteiger partial charge < -0.3 is 14.8 Å². The number of azo groups is 1. The van der Waals surface area contributed by atoms with Gasteiger partial charge in [0.05, 0.1) is 0 Å². The van der Waals surface area contributed by atoms with Crippen LogP contribution in [-0.2, 0) is 0 Å². The highest BCUT2D eigenvalue weighted by molar-refractivity contribution is 5.66. The van der Waals surface area contributed by atoms with Gasteiger partial charge in [-0.2, -0.15) is 0 Å². The number of phenols is 1. The van der Waals surface area contributed by atoms with Crippen molar-refractivity contribution in [3.8, 4) is 5.75 Å². The summed E-state index contributed by atoms with van der Waals surface area (Å²) < 4.78 is 0. The van der Waals surface area contributed by atoms with Gasteiger partial charge in [0.1, 0.15) is 11.4 Å². The summed E-state index contributed by atoms with van der Waals surface area (Å²) in [4.78, 5) is 12.8. The van der Waals surface area contributed by atoms with Gasteiger partial charge >= 0.3 is 5.95 Å². The first kappa shape index (κ1) is 15.2. The molecule has 1 heterocycles. The van der Waals surface area contributed by atoms with Gasteiger partial charge in [0.25, 0.3) is 11.6 Å². The van der Waals surface area contributed by atoms with Crippen molar-refractivity contribution in [1.29, 1.82) is 0 Å². The third-order valence-corrected chi connectivity index (χ3v) is 3.74. The van der Waals surface area contributed by atoms with Crippen LogP contribution in [0.3, 0.4) is 0 Å². The lowest BCUT2D eigenvalue weighted by molar-refractivity contribution is 0.471. The Morgan fingerprint density at radius 2 is 1.59 bits per heavy atom. The van der Waals surface area contributed by atoms with E-state index in [1.807, 2.05) is 27.7 Å². The van der Waals surface area contributed by atoms with Crippen LogP contribution in [0, 0.1) is 40.8 Å². The van der Waals surface area contributed by atoms with Crippen molar-refractivity contribution in [2.24, 2.45) is 10.2 Å². The SMILES string of the molecule is [C-]#[N+]c1nc(/N=N/c2c(C)c(C)c(C)c(C)c2O)[nH]c1[N+]#[C-]. The fourth-order valence-corrected chi connectivity index (χ4v) is 2.04. The van der Waals surface area contributed by atoms with Crippen molar-refractivity contribution in [2.45, 2.75) is 27.7 Å². The first-order chi connectivity index (χ1) is 10.4. The van der Waals surface area contributed by atoms with Crippen LogP contribution in [0.1, 0.15) is 22.3 Å². The fraction of sp³-hybridized carbons (Fsp3) is 0.267. The maximum atomic E-state index is 10.2. The smallest absolute Gasteiger partial charge is 0.414 e. The number of aromatic nitrogens is 2. The molecule has 2 N–H and O–H groups in total. The van der Waals surface area contributed by atoms with E-state index < -0.39 is 0 Å². The molecule has 0 radical (unpaired) electrons. The molecule has 0 aliphatic rings. The van der Waals surface area contributed by atoms with Crippen molar-refractivity contribution in [1.82, 2.24) is 9.97 Å². The number of rotatable bonds is 2. The molecular formula is C15H14N6O. The van der Waals surface area contributed by atoms with Crippen LogP contribution in [0.25, 0.3) is 9.69 Å². The van der Waals surface area contributed by atoms with E-state index in [1.165, 1.54) is 0 Å². The second-order valence-electron chi connectivity index (χ2n) is 4.85. The number of hydrogen-bond acceptors (Lipinski definition) is 4. The monoisotopic (exact) mass is 294 g/mol. The Balaban J connectivity index is 2.50. The van der Waals surface area contributed by atoms with Gasteiger partial charge in [-0.15, -0.1) is 5.11 Å². The Kier molecular flexibility index (Phi) is 3.91. The van der Waals surface area contributed by atoms with E-state index in [1.54, 1.807) is 0 Å². The summed E-state index contributed by atoms with van der Waals surface area (Å²) >= 11 is 0. The van der Waals surface area contributed by atoms with Crippen LogP contribution >= 0.6 is 0 Å². The molecule has 2 rings (SSSR count). The zero-order chi connectivity index (χ0) is 16.4. The summed E-state index contributed by atoms with van der Waals surface area (Å²) in [5.74, 6) is 0.126. The second-order valence-corrected chi connectivity index (χ2v) is 4.85. The van der Waals surface area contributed by atoms with Crippen LogP contribution in [0.4, 0.5) is 23.3 Å². The van der Waals surface area contributed by atoms with Crippen molar-refractivity contribution in [2.75, 3.05) is 0 Å². The number of hydrogen-bond donors (Lipinski definition) is 2. The van der Waals surface area contributed by atoms with Gasteiger partial charge in [-0.25, -0.2) is 0 Å². The van der Waals surface area contributed by atoms with Crippen molar-refractivity contribution >= 4 is 23.3 Å². The molecule has 1 aromatic heterocycles. The predicted octanol–water partition coefficient (Wildman–Crippen LogP) is 4.87. The molecule has 110 valence electrons. The number of nitrogens with zero attached hydrogens (tertiary/aromatic N) is 5. The van der Waals surface area contributed by atoms with Crippen LogP contribution < -0.4 is 0 Å². The zero-order valence-corrected chi connectivity index (χ0v) is 12.7. The van der Waals surface area contributed by atoms with Gasteiger partial charge in [0.2, 0.25) is 0 Å². The van der Waals surface area contributed by atoms with E-state index in [4.69, 9.17) is 13.1 Å². The molecule has 0 saturated carbocycles. The Labute approximate surface area is 128 Å². The third kappa shape index (κ3) is 2.40. The van der Waals surface area contributed by atoms with Crippen molar-refractivity contribution < 1.29 is 5.11 Å². The van der Waals surface area contributed by atoms with Crippen molar-refractivity contribution in [3.63, 3.8) is 0 Å². The molecule has 22 heavy (non-hydrogen) atoms. The Morgan fingerprint density at radius 3 is 2.14 bits per heavy atom. The number of phenolic OH excluding ortho intramolecular Hbond substituents is 1. The van der Waals surface area contributed by atoms with Gasteiger partial charge in [-0.1, -0.05) is 23.2 Å². The second kappa shape index (κ2) is 5.66. The van der Waals surface area contributed by atoms with Gasteiger partial charge in [-0.3, -0.25) is 4.98 Å². The first-order valence-corrected chi connectivity index (χ1v) is 6.46. The standard InChI is InChI=1S/C15H14N6O/c1-7-8(2)10(4)12(22)11(9(7)3)20-21-15-18-13(16-5)14(17-6)19-15/h22H,1-4H3,(H,18,19)/b21-20+. The lowest BCUT2D eigenvalue weighted by atomic mass is 9.97. The summed E-state index contributed by atoms with van der Waals surface area (Å²) in [6, 6.07) is 0. The minimum absolute atomic E-state index is 0.0289. The highest BCUT2D eigenvalue weighted by atomic mass is 16.3. The molecule has 0 unspecified atom stereocenters. The van der Waals surface area contributed by atoms with Crippen LogP contribution in [0.2, 0.25) is 0 Å². The Bertz CT molecular complexity index is 803. The number of H-pyrrole nitrogens is 1. The van der Waals surface area contributed by atoms with E-state index >= 15 is 0 Å². The highest BCUT2D eigenvalue weighted by Gasteiger charge is 2.16. The molecule has 7 heteroatoms. The minimum Gasteiger partial charge on any atom is -0.505 e. The Morgan fingerprint density at radius 1 is 0.955 bits per heavy atom. The predicted molar refractivity (Wildman–Crippen MR) is 82.3 cm³/mol. The quantitative estimate of drug-likeness (QED) is 0.612. The zero-order valence-electron chi connectivity index (χ0n) is 12.7. The fourth-order valence-electron chi connectivity index (χ4n) is 2.04. The van der Waals surface area contributed by atoms with Gasteiger partial charge in [0.15, 0.2) is 0 Å². The summed E-state index contributed by atoms with van der Waals surface area (Å²) in [5.41, 5.74) is 3.99. The van der Waals surface area contributed by atoms with Crippen LogP contribution in [0.15, 0.2) is 10.2 Å². The Hall–Kier alpha value is -3.19. The third-order valence-electron chi connectivity index (χ3n) is 3.74. The molecule has 1 aromatic carbocycles.